The first-order chi connectivity index (χ1) is 5.61. The Morgan fingerprint density at radius 2 is 2.00 bits per heavy atom. The molecule has 12 heavy (non-hydrogen) atoms. The van der Waals surface area contributed by atoms with Gasteiger partial charge in [-0.2, -0.15) is 0 Å². The van der Waals surface area contributed by atoms with E-state index in [1.807, 2.05) is 0 Å². The Balaban J connectivity index is 3.76. The van der Waals surface area contributed by atoms with Crippen LogP contribution in [0.5, 0.6) is 0 Å². The molecule has 4 heteroatoms. The summed E-state index contributed by atoms with van der Waals surface area (Å²) in [6.45, 7) is 3.59. The van der Waals surface area contributed by atoms with Crippen molar-refractivity contribution in [3.8, 4) is 0 Å². The highest BCUT2D eigenvalue weighted by Crippen LogP contribution is 1.96. The predicted octanol–water partition coefficient (Wildman–Crippen LogP) is 0.544. The smallest absolute Gasteiger partial charge is 0.313 e. The van der Waals surface area contributed by atoms with Crippen LogP contribution in [-0.2, 0) is 19.1 Å². The van der Waals surface area contributed by atoms with Crippen molar-refractivity contribution < 1.29 is 19.1 Å². The molecule has 70 valence electrons. The van der Waals surface area contributed by atoms with Gasteiger partial charge in [-0.15, -0.1) is 0 Å². The molecule has 1 atom stereocenters. The van der Waals surface area contributed by atoms with E-state index in [0.717, 1.165) is 0 Å². The molecule has 0 bridgehead atoms. The maximum atomic E-state index is 11.0. The maximum Gasteiger partial charge on any atom is 0.313 e. The van der Waals surface area contributed by atoms with Gasteiger partial charge in [0.1, 0.15) is 12.5 Å². The Morgan fingerprint density at radius 3 is 2.42 bits per heavy atom. The zero-order chi connectivity index (χ0) is 9.56. The predicted molar refractivity (Wildman–Crippen MR) is 42.7 cm³/mol. The number of ketones is 1. The molecule has 0 amide bonds. The second-order valence-corrected chi connectivity index (χ2v) is 2.33. The van der Waals surface area contributed by atoms with Crippen LogP contribution in [0.1, 0.15) is 20.3 Å². The highest BCUT2D eigenvalue weighted by Gasteiger charge is 2.16. The first-order valence-electron chi connectivity index (χ1n) is 3.83. The third-order valence-electron chi connectivity index (χ3n) is 1.43. The summed E-state index contributed by atoms with van der Waals surface area (Å²) in [6.07, 6.45) is -0.738. The van der Waals surface area contributed by atoms with E-state index < -0.39 is 12.1 Å². The van der Waals surface area contributed by atoms with Crippen molar-refractivity contribution in [2.24, 2.45) is 0 Å². The fourth-order valence-electron chi connectivity index (χ4n) is 0.629. The largest absolute Gasteiger partial charge is 0.466 e. The second-order valence-electron chi connectivity index (χ2n) is 2.33. The van der Waals surface area contributed by atoms with Crippen molar-refractivity contribution >= 4 is 11.8 Å². The van der Waals surface area contributed by atoms with Gasteiger partial charge in [0.2, 0.25) is 0 Å². The molecular formula is C8H14O4. The normalized spacial score (nSPS) is 12.2. The summed E-state index contributed by atoms with van der Waals surface area (Å²) in [7, 11) is 1.42. The quantitative estimate of drug-likeness (QED) is 0.451. The summed E-state index contributed by atoms with van der Waals surface area (Å²) in [6, 6.07) is 0. The van der Waals surface area contributed by atoms with Gasteiger partial charge in [-0.25, -0.2) is 0 Å². The average molecular weight is 174 g/mol. The minimum absolute atomic E-state index is 0.206. The number of carbonyl (C=O) groups excluding carboxylic acids is 2. The van der Waals surface area contributed by atoms with Crippen LogP contribution in [0, 0.1) is 0 Å². The van der Waals surface area contributed by atoms with Gasteiger partial charge in [0.05, 0.1) is 6.61 Å². The average Bonchev–Trinajstić information content (AvgIpc) is 2.03. The molecule has 0 radical (unpaired) electrons. The number of Topliss-reactive ketones (excluding diaryl/α,β-unsaturated/α-hetero) is 1. The number of ether oxygens (including phenoxy) is 2. The van der Waals surface area contributed by atoms with Crippen molar-refractivity contribution in [2.45, 2.75) is 26.4 Å². The topological polar surface area (TPSA) is 52.6 Å². The number of hydrogen-bond donors (Lipinski definition) is 0. The number of hydrogen-bond acceptors (Lipinski definition) is 4. The SMILES string of the molecule is CCOC(=O)CC(=O)[C@H](C)OC. The Hall–Kier alpha value is -0.900. The van der Waals surface area contributed by atoms with Gasteiger partial charge in [-0.05, 0) is 13.8 Å². The number of esters is 1. The van der Waals surface area contributed by atoms with E-state index in [-0.39, 0.29) is 12.2 Å². The van der Waals surface area contributed by atoms with Crippen LogP contribution in [0.4, 0.5) is 0 Å². The molecule has 0 fully saturated rings. The van der Waals surface area contributed by atoms with Crippen molar-refractivity contribution in [1.29, 1.82) is 0 Å². The standard InChI is InChI=1S/C8H14O4/c1-4-12-8(10)5-7(9)6(2)11-3/h6H,4-5H2,1-3H3/t6-/m0/s1. The summed E-state index contributed by atoms with van der Waals surface area (Å²) in [5.41, 5.74) is 0. The van der Waals surface area contributed by atoms with Gasteiger partial charge in [-0.3, -0.25) is 9.59 Å². The molecule has 0 saturated carbocycles. The molecule has 0 aromatic heterocycles. The van der Waals surface area contributed by atoms with Crippen molar-refractivity contribution in [1.82, 2.24) is 0 Å². The summed E-state index contributed by atoms with van der Waals surface area (Å²) in [5.74, 6) is -0.748. The summed E-state index contributed by atoms with van der Waals surface area (Å²) < 4.78 is 9.33. The lowest BCUT2D eigenvalue weighted by Crippen LogP contribution is -2.22. The molecule has 0 unspecified atom stereocenters. The van der Waals surface area contributed by atoms with E-state index in [1.54, 1.807) is 13.8 Å². The lowest BCUT2D eigenvalue weighted by molar-refractivity contribution is -0.147. The van der Waals surface area contributed by atoms with E-state index >= 15 is 0 Å². The van der Waals surface area contributed by atoms with Crippen LogP contribution < -0.4 is 0 Å². The van der Waals surface area contributed by atoms with Gasteiger partial charge >= 0.3 is 5.97 Å². The Morgan fingerprint density at radius 1 is 1.42 bits per heavy atom. The molecule has 0 aliphatic rings. The van der Waals surface area contributed by atoms with E-state index in [9.17, 15) is 9.59 Å². The van der Waals surface area contributed by atoms with Crippen LogP contribution in [0.25, 0.3) is 0 Å². The van der Waals surface area contributed by atoms with Crippen molar-refractivity contribution in [3.63, 3.8) is 0 Å². The van der Waals surface area contributed by atoms with Gasteiger partial charge < -0.3 is 9.47 Å². The Labute approximate surface area is 71.8 Å². The fraction of sp³-hybridized carbons (Fsp3) is 0.750. The highest BCUT2D eigenvalue weighted by atomic mass is 16.5. The van der Waals surface area contributed by atoms with Gasteiger partial charge in [-0.1, -0.05) is 0 Å². The molecule has 4 nitrogen and oxygen atoms in total. The van der Waals surface area contributed by atoms with Crippen LogP contribution in [-0.4, -0.2) is 31.6 Å². The minimum Gasteiger partial charge on any atom is -0.466 e. The molecule has 0 aromatic rings. The molecular weight excluding hydrogens is 160 g/mol. The lowest BCUT2D eigenvalue weighted by atomic mass is 10.2. The molecule has 0 spiro atoms. The maximum absolute atomic E-state index is 11.0. The summed E-state index contributed by atoms with van der Waals surface area (Å²) in [4.78, 5) is 21.8. The van der Waals surface area contributed by atoms with Crippen molar-refractivity contribution in [2.75, 3.05) is 13.7 Å². The monoisotopic (exact) mass is 174 g/mol. The third kappa shape index (κ3) is 4.08. The van der Waals surface area contributed by atoms with Crippen molar-refractivity contribution in [3.05, 3.63) is 0 Å². The first-order valence-corrected chi connectivity index (χ1v) is 3.83. The molecule has 0 aromatic carbocycles. The molecule has 0 saturated heterocycles. The first kappa shape index (κ1) is 11.1. The van der Waals surface area contributed by atoms with Crippen LogP contribution in [0.15, 0.2) is 0 Å². The Bertz CT molecular complexity index is 164. The summed E-state index contributed by atoms with van der Waals surface area (Å²) >= 11 is 0. The number of carbonyl (C=O) groups is 2. The number of rotatable bonds is 5. The number of methoxy groups -OCH3 is 1. The van der Waals surface area contributed by atoms with E-state index in [0.29, 0.717) is 6.61 Å². The van der Waals surface area contributed by atoms with Crippen LogP contribution >= 0.6 is 0 Å². The second kappa shape index (κ2) is 5.71. The Kier molecular flexibility index (Phi) is 5.28. The van der Waals surface area contributed by atoms with Gasteiger partial charge in [0.25, 0.3) is 0 Å². The van der Waals surface area contributed by atoms with Gasteiger partial charge in [0.15, 0.2) is 5.78 Å². The molecule has 0 rings (SSSR count). The van der Waals surface area contributed by atoms with E-state index in [1.165, 1.54) is 7.11 Å². The van der Waals surface area contributed by atoms with Crippen LogP contribution in [0.3, 0.4) is 0 Å². The fourth-order valence-corrected chi connectivity index (χ4v) is 0.629. The lowest BCUT2D eigenvalue weighted by Gasteiger charge is -2.06. The van der Waals surface area contributed by atoms with E-state index in [4.69, 9.17) is 4.74 Å². The third-order valence-corrected chi connectivity index (χ3v) is 1.43. The van der Waals surface area contributed by atoms with Crippen LogP contribution in [0.2, 0.25) is 0 Å². The zero-order valence-corrected chi connectivity index (χ0v) is 7.62. The van der Waals surface area contributed by atoms with Gasteiger partial charge in [0, 0.05) is 7.11 Å². The molecule has 0 heterocycles. The summed E-state index contributed by atoms with van der Waals surface area (Å²) in [5, 5.41) is 0. The molecule has 0 aliphatic heterocycles. The minimum atomic E-state index is -0.533. The molecule has 0 N–H and O–H groups in total. The zero-order valence-electron chi connectivity index (χ0n) is 7.62. The van der Waals surface area contributed by atoms with E-state index in [2.05, 4.69) is 4.74 Å². The molecule has 0 aliphatic carbocycles. The highest BCUT2D eigenvalue weighted by molar-refractivity contribution is 5.97.